The van der Waals surface area contributed by atoms with Crippen LogP contribution >= 0.6 is 0 Å². The van der Waals surface area contributed by atoms with Crippen molar-refractivity contribution in [3.63, 3.8) is 0 Å². The van der Waals surface area contributed by atoms with E-state index < -0.39 is 0 Å². The summed E-state index contributed by atoms with van der Waals surface area (Å²) in [5.74, 6) is 0.513. The summed E-state index contributed by atoms with van der Waals surface area (Å²) in [5.41, 5.74) is 2.40. The minimum Gasteiger partial charge on any atom is -0.496 e. The number of carbonyl (C=O) groups is 2. The minimum atomic E-state index is -0.330. The van der Waals surface area contributed by atoms with E-state index in [0.717, 1.165) is 5.69 Å². The Morgan fingerprint density at radius 3 is 2.48 bits per heavy atom. The molecule has 0 aliphatic heterocycles. The van der Waals surface area contributed by atoms with E-state index in [2.05, 4.69) is 20.7 Å². The standard InChI is InChI=1S/C25H23N5O3/c1-33-21-12-6-5-11-19(21)24-20(17-30(29-24)18-9-3-2-4-10-18)25(32)27-16-14-23(31)28-22-13-7-8-15-26-22/h2-13,15,17H,14,16H2,1H3,(H,27,32)(H,26,28,31). The average molecular weight is 441 g/mol. The second kappa shape index (κ2) is 10.2. The van der Waals surface area contributed by atoms with Crippen molar-refractivity contribution in [3.05, 3.63) is 90.8 Å². The fourth-order valence-corrected chi connectivity index (χ4v) is 3.32. The summed E-state index contributed by atoms with van der Waals surface area (Å²) in [6, 6.07) is 22.2. The topological polar surface area (TPSA) is 98.1 Å². The third-order valence-corrected chi connectivity index (χ3v) is 4.91. The van der Waals surface area contributed by atoms with Gasteiger partial charge in [0, 0.05) is 30.9 Å². The number of nitrogens with one attached hydrogen (secondary N) is 2. The Morgan fingerprint density at radius 1 is 0.970 bits per heavy atom. The Hall–Kier alpha value is -4.46. The van der Waals surface area contributed by atoms with Crippen molar-refractivity contribution in [2.75, 3.05) is 19.0 Å². The fraction of sp³-hybridized carbons (Fsp3) is 0.120. The second-order valence-electron chi connectivity index (χ2n) is 7.14. The lowest BCUT2D eigenvalue weighted by Gasteiger charge is -2.09. The number of hydrogen-bond donors (Lipinski definition) is 2. The first-order valence-corrected chi connectivity index (χ1v) is 10.4. The van der Waals surface area contributed by atoms with Gasteiger partial charge in [-0.3, -0.25) is 9.59 Å². The molecule has 2 heterocycles. The van der Waals surface area contributed by atoms with Crippen LogP contribution in [-0.4, -0.2) is 40.2 Å². The molecule has 0 saturated heterocycles. The molecule has 33 heavy (non-hydrogen) atoms. The highest BCUT2D eigenvalue weighted by Gasteiger charge is 2.21. The summed E-state index contributed by atoms with van der Waals surface area (Å²) in [6.07, 6.45) is 3.39. The zero-order valence-electron chi connectivity index (χ0n) is 18.1. The molecule has 0 atom stereocenters. The van der Waals surface area contributed by atoms with Crippen molar-refractivity contribution in [2.24, 2.45) is 0 Å². The Morgan fingerprint density at radius 2 is 1.73 bits per heavy atom. The maximum absolute atomic E-state index is 13.1. The Balaban J connectivity index is 1.53. The SMILES string of the molecule is COc1ccccc1-c1nn(-c2ccccc2)cc1C(=O)NCCC(=O)Nc1ccccn1. The first-order valence-electron chi connectivity index (χ1n) is 10.4. The van der Waals surface area contributed by atoms with Gasteiger partial charge in [0.15, 0.2) is 0 Å². The number of carbonyl (C=O) groups excluding carboxylic acids is 2. The van der Waals surface area contributed by atoms with Gasteiger partial charge >= 0.3 is 0 Å². The van der Waals surface area contributed by atoms with Gasteiger partial charge < -0.3 is 15.4 Å². The van der Waals surface area contributed by atoms with Crippen LogP contribution in [-0.2, 0) is 4.79 Å². The molecule has 4 rings (SSSR count). The van der Waals surface area contributed by atoms with E-state index in [0.29, 0.717) is 28.4 Å². The van der Waals surface area contributed by atoms with E-state index in [9.17, 15) is 9.59 Å². The number of pyridine rings is 1. The third kappa shape index (κ3) is 5.24. The number of anilines is 1. The summed E-state index contributed by atoms with van der Waals surface area (Å²) in [7, 11) is 1.58. The van der Waals surface area contributed by atoms with Gasteiger partial charge in [-0.1, -0.05) is 36.4 Å². The van der Waals surface area contributed by atoms with Crippen LogP contribution in [0.4, 0.5) is 5.82 Å². The van der Waals surface area contributed by atoms with Gasteiger partial charge in [-0.15, -0.1) is 0 Å². The van der Waals surface area contributed by atoms with Crippen molar-refractivity contribution in [2.45, 2.75) is 6.42 Å². The molecular weight excluding hydrogens is 418 g/mol. The molecule has 166 valence electrons. The molecule has 0 fully saturated rings. The Labute approximate surface area is 191 Å². The first kappa shape index (κ1) is 21.8. The molecule has 0 aliphatic rings. The Bertz CT molecular complexity index is 1240. The van der Waals surface area contributed by atoms with E-state index in [4.69, 9.17) is 4.74 Å². The monoisotopic (exact) mass is 441 g/mol. The highest BCUT2D eigenvalue weighted by atomic mass is 16.5. The number of para-hydroxylation sites is 2. The summed E-state index contributed by atoms with van der Waals surface area (Å²) in [6.45, 7) is 0.166. The van der Waals surface area contributed by atoms with E-state index in [1.54, 1.807) is 42.4 Å². The summed E-state index contributed by atoms with van der Waals surface area (Å²) in [5, 5.41) is 10.2. The quantitative estimate of drug-likeness (QED) is 0.434. The summed E-state index contributed by atoms with van der Waals surface area (Å²) in [4.78, 5) is 29.3. The van der Waals surface area contributed by atoms with Crippen molar-refractivity contribution in [1.82, 2.24) is 20.1 Å². The van der Waals surface area contributed by atoms with Crippen LogP contribution in [0, 0.1) is 0 Å². The number of aromatic nitrogens is 3. The van der Waals surface area contributed by atoms with E-state index in [1.807, 2.05) is 54.6 Å². The number of nitrogens with zero attached hydrogens (tertiary/aromatic N) is 3. The van der Waals surface area contributed by atoms with Gasteiger partial charge in [-0.05, 0) is 36.4 Å². The lowest BCUT2D eigenvalue weighted by molar-refractivity contribution is -0.116. The van der Waals surface area contributed by atoms with Crippen molar-refractivity contribution < 1.29 is 14.3 Å². The summed E-state index contributed by atoms with van der Waals surface area (Å²) < 4.78 is 7.14. The zero-order chi connectivity index (χ0) is 23.0. The number of amides is 2. The number of rotatable bonds is 8. The molecule has 4 aromatic rings. The predicted octanol–water partition coefficient (Wildman–Crippen LogP) is 3.70. The van der Waals surface area contributed by atoms with Gasteiger partial charge in [0.05, 0.1) is 18.4 Å². The normalized spacial score (nSPS) is 10.5. The van der Waals surface area contributed by atoms with Crippen LogP contribution in [0.25, 0.3) is 16.9 Å². The summed E-state index contributed by atoms with van der Waals surface area (Å²) >= 11 is 0. The maximum atomic E-state index is 13.1. The molecule has 2 aromatic carbocycles. The lowest BCUT2D eigenvalue weighted by atomic mass is 10.1. The molecule has 8 nitrogen and oxygen atoms in total. The van der Waals surface area contributed by atoms with Gasteiger partial charge in [-0.2, -0.15) is 5.10 Å². The average Bonchev–Trinajstić information content (AvgIpc) is 3.30. The van der Waals surface area contributed by atoms with Crippen LogP contribution in [0.15, 0.2) is 85.2 Å². The molecule has 0 spiro atoms. The molecule has 0 aliphatic carbocycles. The molecule has 8 heteroatoms. The molecule has 0 saturated carbocycles. The van der Waals surface area contributed by atoms with Gasteiger partial charge in [0.1, 0.15) is 17.3 Å². The Kier molecular flexibility index (Phi) is 6.75. The maximum Gasteiger partial charge on any atom is 0.255 e. The number of ether oxygens (including phenoxy) is 1. The molecule has 2 N–H and O–H groups in total. The van der Waals surface area contributed by atoms with Gasteiger partial charge in [0.25, 0.3) is 5.91 Å². The number of benzene rings is 2. The van der Waals surface area contributed by atoms with E-state index in [1.165, 1.54) is 0 Å². The highest BCUT2D eigenvalue weighted by Crippen LogP contribution is 2.31. The van der Waals surface area contributed by atoms with Crippen molar-refractivity contribution >= 4 is 17.6 Å². The van der Waals surface area contributed by atoms with Crippen LogP contribution < -0.4 is 15.4 Å². The first-order chi connectivity index (χ1) is 16.2. The van der Waals surface area contributed by atoms with Gasteiger partial charge in [0.2, 0.25) is 5.91 Å². The highest BCUT2D eigenvalue weighted by molar-refractivity contribution is 6.01. The van der Waals surface area contributed by atoms with Crippen molar-refractivity contribution in [1.29, 1.82) is 0 Å². The van der Waals surface area contributed by atoms with Crippen molar-refractivity contribution in [3.8, 4) is 22.7 Å². The lowest BCUT2D eigenvalue weighted by Crippen LogP contribution is -2.28. The largest absolute Gasteiger partial charge is 0.496 e. The predicted molar refractivity (Wildman–Crippen MR) is 125 cm³/mol. The molecule has 0 bridgehead atoms. The van der Waals surface area contributed by atoms with Gasteiger partial charge in [-0.25, -0.2) is 9.67 Å². The zero-order valence-corrected chi connectivity index (χ0v) is 18.1. The molecule has 2 amide bonds. The van der Waals surface area contributed by atoms with E-state index >= 15 is 0 Å². The molecule has 0 unspecified atom stereocenters. The molecule has 0 radical (unpaired) electrons. The van der Waals surface area contributed by atoms with Crippen LogP contribution in [0.1, 0.15) is 16.8 Å². The van der Waals surface area contributed by atoms with Crippen LogP contribution in [0.3, 0.4) is 0 Å². The molecular formula is C25H23N5O3. The third-order valence-electron chi connectivity index (χ3n) is 4.91. The van der Waals surface area contributed by atoms with E-state index in [-0.39, 0.29) is 24.8 Å². The fourth-order valence-electron chi connectivity index (χ4n) is 3.32. The van der Waals surface area contributed by atoms with Crippen LogP contribution in [0.5, 0.6) is 5.75 Å². The van der Waals surface area contributed by atoms with Crippen LogP contribution in [0.2, 0.25) is 0 Å². The smallest absolute Gasteiger partial charge is 0.255 e. The molecule has 2 aromatic heterocycles. The number of methoxy groups -OCH3 is 1. The number of hydrogen-bond acceptors (Lipinski definition) is 5. The minimum absolute atomic E-state index is 0.110. The second-order valence-corrected chi connectivity index (χ2v) is 7.14.